The van der Waals surface area contributed by atoms with Crippen molar-refractivity contribution in [2.24, 2.45) is 11.7 Å². The summed E-state index contributed by atoms with van der Waals surface area (Å²) in [4.78, 5) is 11.9. The molecule has 248 valence electrons. The third-order valence-corrected chi connectivity index (χ3v) is 9.03. The maximum absolute atomic E-state index is 11.9. The third-order valence-electron chi connectivity index (χ3n) is 9.03. The van der Waals surface area contributed by atoms with Crippen LogP contribution in [0, 0.1) is 5.92 Å². The minimum atomic E-state index is -0.0660. The van der Waals surface area contributed by atoms with Gasteiger partial charge in [-0.25, -0.2) is 0 Å². The van der Waals surface area contributed by atoms with Crippen LogP contribution in [-0.4, -0.2) is 5.91 Å². The van der Waals surface area contributed by atoms with Crippen molar-refractivity contribution in [3.05, 3.63) is 24.3 Å². The average molecular weight is 588 g/mol. The minimum Gasteiger partial charge on any atom is -0.369 e. The van der Waals surface area contributed by atoms with Crippen LogP contribution >= 0.6 is 0 Å². The van der Waals surface area contributed by atoms with Gasteiger partial charge in [0.2, 0.25) is 5.91 Å². The third kappa shape index (κ3) is 33.5. The number of hydrogen-bond acceptors (Lipinski definition) is 1. The molecule has 0 aliphatic heterocycles. The number of carbonyl (C=O) groups excluding carboxylic acids is 1. The first kappa shape index (κ1) is 41.0. The van der Waals surface area contributed by atoms with E-state index in [0.29, 0.717) is 0 Å². The molecular weight excluding hydrogens is 510 g/mol. The molecule has 0 heterocycles. The highest BCUT2D eigenvalue weighted by atomic mass is 16.1. The van der Waals surface area contributed by atoms with Gasteiger partial charge >= 0.3 is 0 Å². The normalized spacial score (nSPS) is 12.6. The van der Waals surface area contributed by atoms with E-state index < -0.39 is 0 Å². The van der Waals surface area contributed by atoms with Gasteiger partial charge in [0.25, 0.3) is 0 Å². The number of rotatable bonds is 35. The molecule has 0 aromatic rings. The van der Waals surface area contributed by atoms with Crippen molar-refractivity contribution < 1.29 is 4.79 Å². The van der Waals surface area contributed by atoms with Crippen LogP contribution in [0.25, 0.3) is 0 Å². The SMILES string of the molecule is CCCCCCCC/C=C\CCCCCCCCCCC(CCCCCCCC/C=C\CCCCCCCC)C(N)=O. The summed E-state index contributed by atoms with van der Waals surface area (Å²) in [6, 6.07) is 0. The Hall–Kier alpha value is -1.05. The molecule has 0 spiro atoms. The second-order valence-electron chi connectivity index (χ2n) is 13.3. The lowest BCUT2D eigenvalue weighted by Gasteiger charge is -2.13. The molecule has 1 unspecified atom stereocenters. The Morgan fingerprint density at radius 3 is 0.905 bits per heavy atom. The molecule has 0 aliphatic rings. The summed E-state index contributed by atoms with van der Waals surface area (Å²) in [5.41, 5.74) is 5.73. The van der Waals surface area contributed by atoms with Gasteiger partial charge in [-0.15, -0.1) is 0 Å². The van der Waals surface area contributed by atoms with Crippen LogP contribution in [0.1, 0.15) is 219 Å². The van der Waals surface area contributed by atoms with E-state index in [9.17, 15) is 4.79 Å². The fourth-order valence-electron chi connectivity index (χ4n) is 6.06. The van der Waals surface area contributed by atoms with Crippen molar-refractivity contribution in [1.29, 1.82) is 0 Å². The zero-order valence-corrected chi connectivity index (χ0v) is 29.0. The molecule has 1 amide bonds. The molecule has 1 atom stereocenters. The molecule has 0 saturated heterocycles. The Morgan fingerprint density at radius 1 is 0.405 bits per heavy atom. The highest BCUT2D eigenvalue weighted by molar-refractivity contribution is 5.76. The summed E-state index contributed by atoms with van der Waals surface area (Å²) < 4.78 is 0. The molecule has 2 nitrogen and oxygen atoms in total. The van der Waals surface area contributed by atoms with E-state index in [1.165, 1.54) is 193 Å². The van der Waals surface area contributed by atoms with E-state index in [2.05, 4.69) is 38.2 Å². The first-order valence-electron chi connectivity index (χ1n) is 19.3. The molecule has 0 radical (unpaired) electrons. The standard InChI is InChI=1S/C40H77NO/c1-3-5-7-9-11-13-15-17-19-21-22-24-26-28-30-32-34-36-38-39(40(41)42)37-35-33-31-29-27-25-23-20-18-16-14-12-10-8-6-4-2/h17-20,39H,3-16,21-38H2,1-2H3,(H2,41,42)/b19-17-,20-18-. The molecule has 2 heteroatoms. The van der Waals surface area contributed by atoms with Gasteiger partial charge in [-0.2, -0.15) is 0 Å². The first-order valence-corrected chi connectivity index (χ1v) is 19.3. The Bertz CT molecular complexity index is 580. The van der Waals surface area contributed by atoms with Crippen molar-refractivity contribution in [1.82, 2.24) is 0 Å². The summed E-state index contributed by atoms with van der Waals surface area (Å²) in [6.45, 7) is 4.57. The molecule has 42 heavy (non-hydrogen) atoms. The van der Waals surface area contributed by atoms with Gasteiger partial charge in [-0.1, -0.05) is 179 Å². The number of allylic oxidation sites excluding steroid dienone is 4. The fourth-order valence-corrected chi connectivity index (χ4v) is 6.06. The van der Waals surface area contributed by atoms with E-state index in [1.54, 1.807) is 0 Å². The summed E-state index contributed by atoms with van der Waals surface area (Å²) in [7, 11) is 0. The van der Waals surface area contributed by atoms with Crippen LogP contribution in [0.2, 0.25) is 0 Å². The number of carbonyl (C=O) groups is 1. The van der Waals surface area contributed by atoms with E-state index >= 15 is 0 Å². The van der Waals surface area contributed by atoms with Crippen molar-refractivity contribution in [3.63, 3.8) is 0 Å². The molecule has 0 rings (SSSR count). The van der Waals surface area contributed by atoms with Gasteiger partial charge in [-0.05, 0) is 64.2 Å². The number of amides is 1. The van der Waals surface area contributed by atoms with Crippen molar-refractivity contribution in [2.75, 3.05) is 0 Å². The molecule has 0 aromatic carbocycles. The van der Waals surface area contributed by atoms with Crippen LogP contribution in [0.5, 0.6) is 0 Å². The minimum absolute atomic E-state index is 0.0660. The van der Waals surface area contributed by atoms with Gasteiger partial charge in [0, 0.05) is 5.92 Å². The number of hydrogen-bond donors (Lipinski definition) is 1. The Labute approximate surface area is 265 Å². The second-order valence-corrected chi connectivity index (χ2v) is 13.3. The predicted molar refractivity (Wildman–Crippen MR) is 190 cm³/mol. The van der Waals surface area contributed by atoms with Gasteiger partial charge < -0.3 is 5.73 Å². The van der Waals surface area contributed by atoms with E-state index in [1.807, 2.05) is 0 Å². The van der Waals surface area contributed by atoms with Gasteiger partial charge in [0.1, 0.15) is 0 Å². The topological polar surface area (TPSA) is 43.1 Å². The zero-order valence-electron chi connectivity index (χ0n) is 29.0. The predicted octanol–water partition coefficient (Wildman–Crippen LogP) is 13.7. The van der Waals surface area contributed by atoms with Gasteiger partial charge in [0.15, 0.2) is 0 Å². The molecule has 0 aliphatic carbocycles. The smallest absolute Gasteiger partial charge is 0.220 e. The molecule has 0 bridgehead atoms. The lowest BCUT2D eigenvalue weighted by Crippen LogP contribution is -2.23. The Morgan fingerprint density at radius 2 is 0.643 bits per heavy atom. The van der Waals surface area contributed by atoms with Gasteiger partial charge in [0.05, 0.1) is 0 Å². The van der Waals surface area contributed by atoms with Crippen LogP contribution in [-0.2, 0) is 4.79 Å². The van der Waals surface area contributed by atoms with E-state index in [-0.39, 0.29) is 11.8 Å². The molecule has 0 saturated carbocycles. The lowest BCUT2D eigenvalue weighted by atomic mass is 9.93. The monoisotopic (exact) mass is 588 g/mol. The Kier molecular flexibility index (Phi) is 35.2. The van der Waals surface area contributed by atoms with E-state index in [4.69, 9.17) is 5.73 Å². The number of primary amides is 1. The summed E-state index contributed by atoms with van der Waals surface area (Å²) >= 11 is 0. The Balaban J connectivity index is 3.45. The highest BCUT2D eigenvalue weighted by Crippen LogP contribution is 2.20. The van der Waals surface area contributed by atoms with Crippen LogP contribution in [0.3, 0.4) is 0 Å². The van der Waals surface area contributed by atoms with E-state index in [0.717, 1.165) is 12.8 Å². The molecule has 2 N–H and O–H groups in total. The zero-order chi connectivity index (χ0) is 30.6. The highest BCUT2D eigenvalue weighted by Gasteiger charge is 2.14. The average Bonchev–Trinajstić information content (AvgIpc) is 2.99. The lowest BCUT2D eigenvalue weighted by molar-refractivity contribution is -0.122. The molecule has 0 aromatic heterocycles. The maximum atomic E-state index is 11.9. The van der Waals surface area contributed by atoms with Crippen LogP contribution < -0.4 is 5.73 Å². The second kappa shape index (κ2) is 36.1. The van der Waals surface area contributed by atoms with Crippen molar-refractivity contribution >= 4 is 5.91 Å². The maximum Gasteiger partial charge on any atom is 0.220 e. The summed E-state index contributed by atoms with van der Waals surface area (Å²) in [5.74, 6) is 0.0414. The van der Waals surface area contributed by atoms with Crippen LogP contribution in [0.15, 0.2) is 24.3 Å². The first-order chi connectivity index (χ1) is 20.7. The van der Waals surface area contributed by atoms with Crippen molar-refractivity contribution in [2.45, 2.75) is 219 Å². The quantitative estimate of drug-likeness (QED) is 0.0581. The number of unbranched alkanes of at least 4 members (excludes halogenated alkanes) is 26. The molecular formula is C40H77NO. The van der Waals surface area contributed by atoms with Crippen LogP contribution in [0.4, 0.5) is 0 Å². The summed E-state index contributed by atoms with van der Waals surface area (Å²) in [5, 5.41) is 0. The largest absolute Gasteiger partial charge is 0.369 e. The fraction of sp³-hybridized carbons (Fsp3) is 0.875. The van der Waals surface area contributed by atoms with Gasteiger partial charge in [-0.3, -0.25) is 4.79 Å². The summed E-state index contributed by atoms with van der Waals surface area (Å²) in [6.07, 6.45) is 51.7. The number of nitrogens with two attached hydrogens (primary N) is 1. The van der Waals surface area contributed by atoms with Crippen molar-refractivity contribution in [3.8, 4) is 0 Å². The molecule has 0 fully saturated rings.